The van der Waals surface area contributed by atoms with Gasteiger partial charge < -0.3 is 10.0 Å². The van der Waals surface area contributed by atoms with Gasteiger partial charge in [0, 0.05) is 25.4 Å². The Morgan fingerprint density at radius 3 is 2.13 bits per heavy atom. The molecule has 0 saturated carbocycles. The molecular weight excluding hydrogens is 214 g/mol. The molecule has 92 valence electrons. The van der Waals surface area contributed by atoms with Crippen molar-refractivity contribution in [2.75, 3.05) is 31.7 Å². The van der Waals surface area contributed by atoms with Crippen LogP contribution in [0.5, 0.6) is 0 Å². The minimum Gasteiger partial charge on any atom is -0.396 e. The summed E-state index contributed by atoms with van der Waals surface area (Å²) >= 11 is 0. The first-order chi connectivity index (χ1) is 6.87. The summed E-state index contributed by atoms with van der Waals surface area (Å²) in [6, 6.07) is 0.399. The van der Waals surface area contributed by atoms with Crippen molar-refractivity contribution >= 4 is 9.84 Å². The van der Waals surface area contributed by atoms with E-state index >= 15 is 0 Å². The van der Waals surface area contributed by atoms with E-state index < -0.39 is 9.84 Å². The number of aliphatic hydroxyl groups is 1. The van der Waals surface area contributed by atoms with Gasteiger partial charge in [0.2, 0.25) is 0 Å². The molecule has 5 heteroatoms. The predicted octanol–water partition coefficient (Wildman–Crippen LogP) is 0.514. The van der Waals surface area contributed by atoms with Gasteiger partial charge in [0.05, 0.1) is 5.75 Å². The lowest BCUT2D eigenvalue weighted by molar-refractivity contribution is 0.192. The number of sulfone groups is 1. The van der Waals surface area contributed by atoms with Crippen LogP contribution in [-0.4, -0.2) is 56.2 Å². The standard InChI is InChI=1S/C10H23NO3S/c1-10(2)11(6-4-8-12)7-5-9-15(3,13)14/h10,12H,4-9H2,1-3H3. The Kier molecular flexibility index (Phi) is 7.13. The van der Waals surface area contributed by atoms with E-state index in [4.69, 9.17) is 5.11 Å². The lowest BCUT2D eigenvalue weighted by atomic mass is 10.2. The zero-order valence-corrected chi connectivity index (χ0v) is 10.8. The molecule has 0 amide bonds. The average molecular weight is 237 g/mol. The number of aliphatic hydroxyl groups excluding tert-OH is 1. The first-order valence-electron chi connectivity index (χ1n) is 5.39. The van der Waals surface area contributed by atoms with Crippen molar-refractivity contribution in [3.8, 4) is 0 Å². The molecule has 0 fully saturated rings. The Bertz CT molecular complexity index is 249. The lowest BCUT2D eigenvalue weighted by Crippen LogP contribution is -2.34. The van der Waals surface area contributed by atoms with Crippen LogP contribution < -0.4 is 0 Å². The fourth-order valence-electron chi connectivity index (χ4n) is 1.43. The highest BCUT2D eigenvalue weighted by Gasteiger charge is 2.10. The summed E-state index contributed by atoms with van der Waals surface area (Å²) in [7, 11) is -2.84. The lowest BCUT2D eigenvalue weighted by Gasteiger charge is -2.25. The summed E-state index contributed by atoms with van der Waals surface area (Å²) < 4.78 is 21.9. The molecule has 0 radical (unpaired) electrons. The van der Waals surface area contributed by atoms with Crippen LogP contribution in [0, 0.1) is 0 Å². The van der Waals surface area contributed by atoms with Gasteiger partial charge in [-0.25, -0.2) is 8.42 Å². The maximum absolute atomic E-state index is 10.9. The van der Waals surface area contributed by atoms with Gasteiger partial charge in [-0.1, -0.05) is 0 Å². The fraction of sp³-hybridized carbons (Fsp3) is 1.00. The van der Waals surface area contributed by atoms with Crippen molar-refractivity contribution < 1.29 is 13.5 Å². The van der Waals surface area contributed by atoms with E-state index in [-0.39, 0.29) is 12.4 Å². The first kappa shape index (κ1) is 14.9. The van der Waals surface area contributed by atoms with Crippen LogP contribution in [0.4, 0.5) is 0 Å². The van der Waals surface area contributed by atoms with E-state index in [0.717, 1.165) is 19.5 Å². The van der Waals surface area contributed by atoms with Gasteiger partial charge >= 0.3 is 0 Å². The van der Waals surface area contributed by atoms with Crippen LogP contribution in [0.15, 0.2) is 0 Å². The SMILES string of the molecule is CC(C)N(CCCO)CCCS(C)(=O)=O. The molecule has 0 aliphatic carbocycles. The number of hydrogen-bond acceptors (Lipinski definition) is 4. The van der Waals surface area contributed by atoms with E-state index in [9.17, 15) is 8.42 Å². The topological polar surface area (TPSA) is 57.6 Å². The third-order valence-corrected chi connectivity index (χ3v) is 3.32. The second-order valence-corrected chi connectivity index (χ2v) is 6.45. The van der Waals surface area contributed by atoms with E-state index in [0.29, 0.717) is 12.5 Å². The number of hydrogen-bond donors (Lipinski definition) is 1. The molecule has 0 spiro atoms. The van der Waals surface area contributed by atoms with E-state index in [1.807, 2.05) is 0 Å². The third kappa shape index (κ3) is 8.84. The molecule has 0 aliphatic rings. The molecule has 0 heterocycles. The van der Waals surface area contributed by atoms with E-state index in [1.165, 1.54) is 6.26 Å². The van der Waals surface area contributed by atoms with Gasteiger partial charge in [0.1, 0.15) is 9.84 Å². The Balaban J connectivity index is 3.86. The van der Waals surface area contributed by atoms with Crippen LogP contribution in [0.3, 0.4) is 0 Å². The highest BCUT2D eigenvalue weighted by molar-refractivity contribution is 7.90. The molecule has 0 unspecified atom stereocenters. The molecule has 15 heavy (non-hydrogen) atoms. The van der Waals surface area contributed by atoms with Gasteiger partial charge in [0.25, 0.3) is 0 Å². The van der Waals surface area contributed by atoms with Gasteiger partial charge in [-0.05, 0) is 33.2 Å². The maximum atomic E-state index is 10.9. The molecule has 0 aromatic carbocycles. The summed E-state index contributed by atoms with van der Waals surface area (Å²) in [5.41, 5.74) is 0. The molecule has 0 rings (SSSR count). The smallest absolute Gasteiger partial charge is 0.147 e. The Morgan fingerprint density at radius 1 is 1.20 bits per heavy atom. The average Bonchev–Trinajstić information content (AvgIpc) is 2.08. The van der Waals surface area contributed by atoms with Crippen LogP contribution in [0.25, 0.3) is 0 Å². The minimum absolute atomic E-state index is 0.190. The maximum Gasteiger partial charge on any atom is 0.147 e. The quantitative estimate of drug-likeness (QED) is 0.668. The summed E-state index contributed by atoms with van der Waals surface area (Å²) in [6.45, 7) is 5.97. The van der Waals surface area contributed by atoms with Gasteiger partial charge in [0.15, 0.2) is 0 Å². The Hall–Kier alpha value is -0.130. The normalized spacial score (nSPS) is 12.7. The molecular formula is C10H23NO3S. The first-order valence-corrected chi connectivity index (χ1v) is 7.45. The zero-order valence-electron chi connectivity index (χ0n) is 9.94. The van der Waals surface area contributed by atoms with Gasteiger partial charge in [-0.2, -0.15) is 0 Å². The van der Waals surface area contributed by atoms with Gasteiger partial charge in [-0.15, -0.1) is 0 Å². The van der Waals surface area contributed by atoms with Crippen LogP contribution in [-0.2, 0) is 9.84 Å². The Labute approximate surface area is 93.2 Å². The molecule has 0 saturated heterocycles. The number of nitrogens with zero attached hydrogens (tertiary/aromatic N) is 1. The second-order valence-electron chi connectivity index (χ2n) is 4.19. The second kappa shape index (κ2) is 7.19. The molecule has 4 nitrogen and oxygen atoms in total. The van der Waals surface area contributed by atoms with E-state index in [2.05, 4.69) is 18.7 Å². The summed E-state index contributed by atoms with van der Waals surface area (Å²) in [5, 5.41) is 8.73. The largest absolute Gasteiger partial charge is 0.396 e. The minimum atomic E-state index is -2.84. The van der Waals surface area contributed by atoms with Crippen molar-refractivity contribution in [2.24, 2.45) is 0 Å². The van der Waals surface area contributed by atoms with Crippen LogP contribution >= 0.6 is 0 Å². The third-order valence-electron chi connectivity index (χ3n) is 2.29. The zero-order chi connectivity index (χ0) is 11.9. The highest BCUT2D eigenvalue weighted by atomic mass is 32.2. The molecule has 0 atom stereocenters. The Morgan fingerprint density at radius 2 is 1.73 bits per heavy atom. The van der Waals surface area contributed by atoms with Crippen LogP contribution in [0.2, 0.25) is 0 Å². The molecule has 0 aromatic rings. The molecule has 0 aliphatic heterocycles. The van der Waals surface area contributed by atoms with Crippen molar-refractivity contribution in [1.82, 2.24) is 4.90 Å². The van der Waals surface area contributed by atoms with Crippen molar-refractivity contribution in [3.05, 3.63) is 0 Å². The monoisotopic (exact) mass is 237 g/mol. The predicted molar refractivity (Wildman–Crippen MR) is 62.7 cm³/mol. The molecule has 1 N–H and O–H groups in total. The van der Waals surface area contributed by atoms with Crippen LogP contribution in [0.1, 0.15) is 26.7 Å². The molecule has 0 aromatic heterocycles. The fourth-order valence-corrected chi connectivity index (χ4v) is 2.09. The highest BCUT2D eigenvalue weighted by Crippen LogP contribution is 2.02. The summed E-state index contributed by atoms with van der Waals surface area (Å²) in [4.78, 5) is 2.20. The van der Waals surface area contributed by atoms with Crippen molar-refractivity contribution in [2.45, 2.75) is 32.7 Å². The van der Waals surface area contributed by atoms with Crippen molar-refractivity contribution in [1.29, 1.82) is 0 Å². The van der Waals surface area contributed by atoms with E-state index in [1.54, 1.807) is 0 Å². The summed E-state index contributed by atoms with van der Waals surface area (Å²) in [6.07, 6.45) is 2.68. The van der Waals surface area contributed by atoms with Gasteiger partial charge in [-0.3, -0.25) is 0 Å². The summed E-state index contributed by atoms with van der Waals surface area (Å²) in [5.74, 6) is 0.245. The number of rotatable bonds is 8. The molecule has 0 bridgehead atoms. The van der Waals surface area contributed by atoms with Crippen molar-refractivity contribution in [3.63, 3.8) is 0 Å².